The molecular formula is C23H23N3. The highest BCUT2D eigenvalue weighted by Gasteiger charge is 2.14. The first-order chi connectivity index (χ1) is 12.8. The molecule has 0 fully saturated rings. The van der Waals surface area contributed by atoms with Gasteiger partial charge in [-0.2, -0.15) is 5.10 Å². The molecule has 1 atom stereocenters. The van der Waals surface area contributed by atoms with Gasteiger partial charge in [-0.1, -0.05) is 66.7 Å². The standard InChI is InChI=1S/C23H23N3/c1-24-13-12-23(21-11-8-17-4-2-3-5-20(17)14-21)19-9-6-18(7-10-19)22-15-25-26-16-22/h2-11,14-16,23-24H,12-13H2,1H3,(H,25,26). The molecule has 0 amide bonds. The normalized spacial score (nSPS) is 12.3. The Kier molecular flexibility index (Phi) is 4.80. The molecule has 130 valence electrons. The molecule has 4 aromatic rings. The van der Waals surface area contributed by atoms with Crippen LogP contribution >= 0.6 is 0 Å². The highest BCUT2D eigenvalue weighted by atomic mass is 15.1. The zero-order valence-electron chi connectivity index (χ0n) is 14.9. The molecule has 2 N–H and O–H groups in total. The summed E-state index contributed by atoms with van der Waals surface area (Å²) in [6.45, 7) is 0.987. The minimum atomic E-state index is 0.380. The van der Waals surface area contributed by atoms with Crippen LogP contribution in [0.3, 0.4) is 0 Å². The molecule has 0 saturated heterocycles. The monoisotopic (exact) mass is 341 g/mol. The SMILES string of the molecule is CNCCC(c1ccc(-c2cn[nH]c2)cc1)c1ccc2ccccc2c1. The van der Waals surface area contributed by atoms with Gasteiger partial charge in [0.25, 0.3) is 0 Å². The number of rotatable bonds is 6. The van der Waals surface area contributed by atoms with Crippen molar-refractivity contribution in [2.24, 2.45) is 0 Å². The van der Waals surface area contributed by atoms with Gasteiger partial charge in [-0.15, -0.1) is 0 Å². The second kappa shape index (κ2) is 7.54. The first kappa shape index (κ1) is 16.6. The molecule has 1 heterocycles. The van der Waals surface area contributed by atoms with E-state index < -0.39 is 0 Å². The van der Waals surface area contributed by atoms with E-state index in [2.05, 4.69) is 82.2 Å². The van der Waals surface area contributed by atoms with E-state index in [1.165, 1.54) is 27.5 Å². The number of aromatic amines is 1. The molecule has 1 aromatic heterocycles. The Balaban J connectivity index is 1.69. The van der Waals surface area contributed by atoms with Crippen LogP contribution in [0.25, 0.3) is 21.9 Å². The van der Waals surface area contributed by atoms with E-state index in [0.717, 1.165) is 18.5 Å². The van der Waals surface area contributed by atoms with Crippen LogP contribution in [0.4, 0.5) is 0 Å². The lowest BCUT2D eigenvalue weighted by Crippen LogP contribution is -2.13. The fraction of sp³-hybridized carbons (Fsp3) is 0.174. The van der Waals surface area contributed by atoms with Crippen molar-refractivity contribution in [1.82, 2.24) is 15.5 Å². The number of H-pyrrole nitrogens is 1. The van der Waals surface area contributed by atoms with Gasteiger partial charge < -0.3 is 5.32 Å². The highest BCUT2D eigenvalue weighted by molar-refractivity contribution is 5.83. The second-order valence-electron chi connectivity index (χ2n) is 6.66. The summed E-state index contributed by atoms with van der Waals surface area (Å²) >= 11 is 0. The van der Waals surface area contributed by atoms with Crippen LogP contribution in [0.1, 0.15) is 23.5 Å². The summed E-state index contributed by atoms with van der Waals surface area (Å²) in [5.41, 5.74) is 5.03. The minimum absolute atomic E-state index is 0.380. The molecule has 3 nitrogen and oxygen atoms in total. The van der Waals surface area contributed by atoms with Gasteiger partial charge in [0.1, 0.15) is 0 Å². The summed E-state index contributed by atoms with van der Waals surface area (Å²) < 4.78 is 0. The summed E-state index contributed by atoms with van der Waals surface area (Å²) in [5.74, 6) is 0.380. The molecule has 26 heavy (non-hydrogen) atoms. The number of nitrogens with zero attached hydrogens (tertiary/aromatic N) is 1. The first-order valence-corrected chi connectivity index (χ1v) is 9.07. The Morgan fingerprint density at radius 1 is 0.885 bits per heavy atom. The number of fused-ring (bicyclic) bond motifs is 1. The Labute approximate surface area is 154 Å². The van der Waals surface area contributed by atoms with E-state index >= 15 is 0 Å². The van der Waals surface area contributed by atoms with Crippen molar-refractivity contribution in [2.45, 2.75) is 12.3 Å². The van der Waals surface area contributed by atoms with Gasteiger partial charge in [-0.25, -0.2) is 0 Å². The van der Waals surface area contributed by atoms with E-state index in [-0.39, 0.29) is 0 Å². The predicted molar refractivity (Wildman–Crippen MR) is 108 cm³/mol. The van der Waals surface area contributed by atoms with Gasteiger partial charge in [0.2, 0.25) is 0 Å². The van der Waals surface area contributed by atoms with Crippen molar-refractivity contribution < 1.29 is 0 Å². The van der Waals surface area contributed by atoms with E-state index in [4.69, 9.17) is 0 Å². The number of nitrogens with one attached hydrogen (secondary N) is 2. The quantitative estimate of drug-likeness (QED) is 0.520. The third kappa shape index (κ3) is 3.39. The van der Waals surface area contributed by atoms with Crippen LogP contribution in [0.2, 0.25) is 0 Å². The molecule has 0 bridgehead atoms. The largest absolute Gasteiger partial charge is 0.320 e. The smallest absolute Gasteiger partial charge is 0.0565 e. The third-order valence-corrected chi connectivity index (χ3v) is 5.00. The molecule has 0 aliphatic carbocycles. The van der Waals surface area contributed by atoms with Crippen molar-refractivity contribution in [3.05, 3.63) is 90.3 Å². The van der Waals surface area contributed by atoms with Crippen LogP contribution in [0, 0.1) is 0 Å². The number of benzene rings is 3. The lowest BCUT2D eigenvalue weighted by molar-refractivity contribution is 0.662. The number of hydrogen-bond donors (Lipinski definition) is 2. The van der Waals surface area contributed by atoms with E-state index in [9.17, 15) is 0 Å². The number of aromatic nitrogens is 2. The number of hydrogen-bond acceptors (Lipinski definition) is 2. The lowest BCUT2D eigenvalue weighted by atomic mass is 9.86. The van der Waals surface area contributed by atoms with Crippen molar-refractivity contribution in [3.63, 3.8) is 0 Å². The van der Waals surface area contributed by atoms with Gasteiger partial charge in [0, 0.05) is 17.7 Å². The topological polar surface area (TPSA) is 40.7 Å². The van der Waals surface area contributed by atoms with Gasteiger partial charge in [-0.05, 0) is 47.5 Å². The highest BCUT2D eigenvalue weighted by Crippen LogP contribution is 2.31. The van der Waals surface area contributed by atoms with Gasteiger partial charge >= 0.3 is 0 Å². The molecule has 3 heteroatoms. The van der Waals surface area contributed by atoms with Gasteiger partial charge in [0.05, 0.1) is 6.20 Å². The van der Waals surface area contributed by atoms with Gasteiger partial charge in [0.15, 0.2) is 0 Å². The van der Waals surface area contributed by atoms with Gasteiger partial charge in [-0.3, -0.25) is 5.10 Å². The molecule has 0 aliphatic rings. The van der Waals surface area contributed by atoms with E-state index in [0.29, 0.717) is 5.92 Å². The molecule has 0 aliphatic heterocycles. The molecule has 3 aromatic carbocycles. The second-order valence-corrected chi connectivity index (χ2v) is 6.66. The Hall–Kier alpha value is -2.91. The molecule has 0 saturated carbocycles. The van der Waals surface area contributed by atoms with Crippen LogP contribution in [-0.2, 0) is 0 Å². The van der Waals surface area contributed by atoms with Crippen molar-refractivity contribution >= 4 is 10.8 Å². The summed E-state index contributed by atoms with van der Waals surface area (Å²) in [6, 6.07) is 24.3. The average molecular weight is 341 g/mol. The van der Waals surface area contributed by atoms with Crippen molar-refractivity contribution in [2.75, 3.05) is 13.6 Å². The summed E-state index contributed by atoms with van der Waals surface area (Å²) in [5, 5.41) is 12.8. The van der Waals surface area contributed by atoms with Crippen LogP contribution in [0.5, 0.6) is 0 Å². The maximum Gasteiger partial charge on any atom is 0.0565 e. The van der Waals surface area contributed by atoms with Crippen molar-refractivity contribution in [3.8, 4) is 11.1 Å². The summed E-state index contributed by atoms with van der Waals surface area (Å²) in [4.78, 5) is 0. The molecule has 1 unspecified atom stereocenters. The Bertz CT molecular complexity index is 972. The maximum absolute atomic E-state index is 4.04. The first-order valence-electron chi connectivity index (χ1n) is 9.07. The fourth-order valence-corrected chi connectivity index (χ4v) is 3.56. The minimum Gasteiger partial charge on any atom is -0.320 e. The zero-order chi connectivity index (χ0) is 17.8. The molecular weight excluding hydrogens is 318 g/mol. The van der Waals surface area contributed by atoms with Crippen molar-refractivity contribution in [1.29, 1.82) is 0 Å². The average Bonchev–Trinajstić information content (AvgIpc) is 3.23. The third-order valence-electron chi connectivity index (χ3n) is 5.00. The molecule has 4 rings (SSSR count). The zero-order valence-corrected chi connectivity index (χ0v) is 14.9. The predicted octanol–water partition coefficient (Wildman–Crippen LogP) is 4.97. The van der Waals surface area contributed by atoms with Crippen LogP contribution in [-0.4, -0.2) is 23.8 Å². The lowest BCUT2D eigenvalue weighted by Gasteiger charge is -2.19. The van der Waals surface area contributed by atoms with Crippen LogP contribution < -0.4 is 5.32 Å². The fourth-order valence-electron chi connectivity index (χ4n) is 3.56. The molecule has 0 radical (unpaired) electrons. The van der Waals surface area contributed by atoms with E-state index in [1.807, 2.05) is 19.4 Å². The summed E-state index contributed by atoms with van der Waals surface area (Å²) in [6.07, 6.45) is 4.85. The van der Waals surface area contributed by atoms with E-state index in [1.54, 1.807) is 0 Å². The molecule has 0 spiro atoms. The Morgan fingerprint density at radius 2 is 1.65 bits per heavy atom. The summed E-state index contributed by atoms with van der Waals surface area (Å²) in [7, 11) is 2.01. The maximum atomic E-state index is 4.04. The van der Waals surface area contributed by atoms with Crippen LogP contribution in [0.15, 0.2) is 79.1 Å². The Morgan fingerprint density at radius 3 is 2.38 bits per heavy atom.